The fraction of sp³-hybridized carbons (Fsp3) is 1.00. The zero-order valence-corrected chi connectivity index (χ0v) is 16.9. The third-order valence-electron chi connectivity index (χ3n) is 3.37. The first kappa shape index (κ1) is 20.3. The molecule has 0 aliphatic rings. The van der Waals surface area contributed by atoms with Gasteiger partial charge in [-0.2, -0.15) is 0 Å². The summed E-state index contributed by atoms with van der Waals surface area (Å²) in [5, 5.41) is 0. The van der Waals surface area contributed by atoms with Crippen molar-refractivity contribution in [2.24, 2.45) is 0 Å². The van der Waals surface area contributed by atoms with Crippen molar-refractivity contribution in [2.75, 3.05) is 33.2 Å². The lowest BCUT2D eigenvalue weighted by atomic mass is 10.1. The summed E-state index contributed by atoms with van der Waals surface area (Å²) in [5.74, 6) is 0. The van der Waals surface area contributed by atoms with Crippen LogP contribution in [0.5, 0.6) is 0 Å². The molecule has 4 nitrogen and oxygen atoms in total. The maximum absolute atomic E-state index is 6.11. The van der Waals surface area contributed by atoms with Gasteiger partial charge < -0.3 is 13.3 Å². The van der Waals surface area contributed by atoms with E-state index in [0.29, 0.717) is 0 Å². The molecule has 0 aliphatic heterocycles. The molecule has 0 fully saturated rings. The Morgan fingerprint density at radius 2 is 1.65 bits per heavy atom. The van der Waals surface area contributed by atoms with Gasteiger partial charge in [-0.25, -0.2) is 0 Å². The van der Waals surface area contributed by atoms with Crippen molar-refractivity contribution in [3.8, 4) is 0 Å². The SMILES string of the molecule is CCCCN(C[Si](OC)(OC)OC[SiH](C)C)C(C)(C)C. The highest BCUT2D eigenvalue weighted by atomic mass is 28.4. The number of unbranched alkanes of at least 4 members (excludes halogenated alkanes) is 1. The Bertz CT molecular complexity index is 253. The predicted octanol–water partition coefficient (Wildman–Crippen LogP) is 2.70. The summed E-state index contributed by atoms with van der Waals surface area (Å²) >= 11 is 0. The summed E-state index contributed by atoms with van der Waals surface area (Å²) in [7, 11) is 0.0988. The maximum Gasteiger partial charge on any atom is 0.514 e. The summed E-state index contributed by atoms with van der Waals surface area (Å²) in [6, 6.07) is 0. The van der Waals surface area contributed by atoms with Crippen LogP contribution >= 0.6 is 0 Å². The van der Waals surface area contributed by atoms with Crippen LogP contribution in [0, 0.1) is 0 Å². The molecule has 0 radical (unpaired) electrons. The molecule has 0 aromatic carbocycles. The highest BCUT2D eigenvalue weighted by Crippen LogP contribution is 2.19. The normalized spacial score (nSPS) is 13.5. The van der Waals surface area contributed by atoms with Gasteiger partial charge in [0.15, 0.2) is 0 Å². The average Bonchev–Trinajstić information content (AvgIpc) is 2.37. The minimum absolute atomic E-state index is 0.100. The molecule has 0 aromatic heterocycles. The lowest BCUT2D eigenvalue weighted by molar-refractivity contribution is 0.0692. The zero-order valence-electron chi connectivity index (χ0n) is 14.8. The standard InChI is InChI=1S/C14H35NO3Si2/c1-9-10-11-15(14(2,3)4)12-20(16-5,17-6)18-13-19(7)8/h19H,9-13H2,1-8H3. The van der Waals surface area contributed by atoms with Gasteiger partial charge in [0, 0.05) is 26.0 Å². The first-order chi connectivity index (χ1) is 9.20. The monoisotopic (exact) mass is 321 g/mol. The molecule has 0 aromatic rings. The fourth-order valence-corrected chi connectivity index (χ4v) is 6.10. The smallest absolute Gasteiger partial charge is 0.377 e. The van der Waals surface area contributed by atoms with Gasteiger partial charge in [0.2, 0.25) is 0 Å². The van der Waals surface area contributed by atoms with Crippen LogP contribution in [0.2, 0.25) is 13.1 Å². The zero-order chi connectivity index (χ0) is 15.8. The van der Waals surface area contributed by atoms with Gasteiger partial charge in [0.25, 0.3) is 0 Å². The van der Waals surface area contributed by atoms with Crippen LogP contribution in [0.1, 0.15) is 40.5 Å². The first-order valence-corrected chi connectivity index (χ1v) is 12.8. The van der Waals surface area contributed by atoms with Crippen molar-refractivity contribution in [1.82, 2.24) is 4.90 Å². The minimum Gasteiger partial charge on any atom is -0.377 e. The van der Waals surface area contributed by atoms with Gasteiger partial charge >= 0.3 is 8.80 Å². The molecule has 122 valence electrons. The molecule has 0 atom stereocenters. The number of rotatable bonds is 10. The van der Waals surface area contributed by atoms with Gasteiger partial charge in [-0.15, -0.1) is 0 Å². The molecule has 0 rings (SSSR count). The van der Waals surface area contributed by atoms with Crippen LogP contribution in [0.3, 0.4) is 0 Å². The van der Waals surface area contributed by atoms with Crippen molar-refractivity contribution >= 4 is 17.6 Å². The van der Waals surface area contributed by atoms with Gasteiger partial charge in [-0.05, 0) is 33.7 Å². The molecule has 0 amide bonds. The first-order valence-electron chi connectivity index (χ1n) is 7.70. The summed E-state index contributed by atoms with van der Waals surface area (Å²) in [4.78, 5) is 2.44. The summed E-state index contributed by atoms with van der Waals surface area (Å²) < 4.78 is 17.5. The Kier molecular flexibility index (Phi) is 9.45. The van der Waals surface area contributed by atoms with Crippen LogP contribution in [0.4, 0.5) is 0 Å². The number of hydrogen-bond donors (Lipinski definition) is 0. The minimum atomic E-state index is -2.57. The van der Waals surface area contributed by atoms with Gasteiger partial charge in [-0.3, -0.25) is 4.90 Å². The van der Waals surface area contributed by atoms with E-state index >= 15 is 0 Å². The van der Waals surface area contributed by atoms with Crippen LogP contribution in [0.15, 0.2) is 0 Å². The van der Waals surface area contributed by atoms with Crippen molar-refractivity contribution in [2.45, 2.75) is 59.2 Å². The molecular weight excluding hydrogens is 286 g/mol. The van der Waals surface area contributed by atoms with E-state index in [0.717, 1.165) is 18.9 Å². The van der Waals surface area contributed by atoms with E-state index in [1.807, 2.05) is 0 Å². The van der Waals surface area contributed by atoms with Gasteiger partial charge in [-0.1, -0.05) is 26.4 Å². The molecule has 0 heterocycles. The molecule has 0 aliphatic carbocycles. The highest BCUT2D eigenvalue weighted by molar-refractivity contribution is 6.63. The van der Waals surface area contributed by atoms with E-state index in [1.165, 1.54) is 12.8 Å². The van der Waals surface area contributed by atoms with Crippen LogP contribution < -0.4 is 0 Å². The lowest BCUT2D eigenvalue weighted by Gasteiger charge is -2.40. The molecule has 0 unspecified atom stereocenters. The van der Waals surface area contributed by atoms with E-state index in [-0.39, 0.29) is 5.54 Å². The summed E-state index contributed by atoms with van der Waals surface area (Å²) in [5.41, 5.74) is 0.100. The fourth-order valence-electron chi connectivity index (χ4n) is 1.90. The molecule has 0 saturated heterocycles. The Balaban J connectivity index is 4.88. The summed E-state index contributed by atoms with van der Waals surface area (Å²) in [6.07, 6.45) is 3.97. The summed E-state index contributed by atoms with van der Waals surface area (Å²) in [6.45, 7) is 14.6. The maximum atomic E-state index is 6.11. The van der Waals surface area contributed by atoms with Crippen molar-refractivity contribution in [1.29, 1.82) is 0 Å². The Morgan fingerprint density at radius 1 is 1.10 bits per heavy atom. The number of nitrogens with zero attached hydrogens (tertiary/aromatic N) is 1. The van der Waals surface area contributed by atoms with Gasteiger partial charge in [0.1, 0.15) is 0 Å². The highest BCUT2D eigenvalue weighted by Gasteiger charge is 2.43. The second-order valence-electron chi connectivity index (χ2n) is 6.74. The third-order valence-corrected chi connectivity index (χ3v) is 7.16. The quantitative estimate of drug-likeness (QED) is 0.579. The van der Waals surface area contributed by atoms with E-state index in [4.69, 9.17) is 13.3 Å². The van der Waals surface area contributed by atoms with Gasteiger partial charge in [0.05, 0.1) is 15.0 Å². The van der Waals surface area contributed by atoms with E-state index < -0.39 is 17.6 Å². The molecule has 0 saturated carbocycles. The van der Waals surface area contributed by atoms with Crippen molar-refractivity contribution in [3.63, 3.8) is 0 Å². The molecule has 0 spiro atoms. The second kappa shape index (κ2) is 9.32. The van der Waals surface area contributed by atoms with Crippen LogP contribution in [0.25, 0.3) is 0 Å². The second-order valence-corrected chi connectivity index (χ2v) is 12.7. The topological polar surface area (TPSA) is 30.9 Å². The predicted molar refractivity (Wildman–Crippen MR) is 90.8 cm³/mol. The van der Waals surface area contributed by atoms with E-state index in [2.05, 4.69) is 45.7 Å². The molecule has 6 heteroatoms. The average molecular weight is 322 g/mol. The Labute approximate surface area is 128 Å². The Hall–Kier alpha value is 0.274. The van der Waals surface area contributed by atoms with Crippen molar-refractivity contribution < 1.29 is 13.3 Å². The van der Waals surface area contributed by atoms with Crippen molar-refractivity contribution in [3.05, 3.63) is 0 Å². The van der Waals surface area contributed by atoms with E-state index in [1.54, 1.807) is 14.2 Å². The van der Waals surface area contributed by atoms with E-state index in [9.17, 15) is 0 Å². The lowest BCUT2D eigenvalue weighted by Crippen LogP contribution is -2.59. The molecule has 0 N–H and O–H groups in total. The largest absolute Gasteiger partial charge is 0.514 e. The third kappa shape index (κ3) is 7.33. The molecule has 20 heavy (non-hydrogen) atoms. The number of hydrogen-bond acceptors (Lipinski definition) is 4. The molecule has 0 bridgehead atoms. The van der Waals surface area contributed by atoms with Crippen LogP contribution in [-0.2, 0) is 13.3 Å². The van der Waals surface area contributed by atoms with Crippen LogP contribution in [-0.4, -0.2) is 61.2 Å². The molecular formula is C14H35NO3Si2. The Morgan fingerprint density at radius 3 is 2.00 bits per heavy atom.